The van der Waals surface area contributed by atoms with Gasteiger partial charge < -0.3 is 9.64 Å². The van der Waals surface area contributed by atoms with Crippen LogP contribution in [0.3, 0.4) is 0 Å². The van der Waals surface area contributed by atoms with Crippen LogP contribution in [-0.4, -0.2) is 30.2 Å². The molecule has 0 aromatic rings. The van der Waals surface area contributed by atoms with Crippen LogP contribution in [0.2, 0.25) is 0 Å². The molecule has 1 heterocycles. The lowest BCUT2D eigenvalue weighted by Gasteiger charge is -2.15. The zero-order chi connectivity index (χ0) is 9.56. The summed E-state index contributed by atoms with van der Waals surface area (Å²) in [7, 11) is 0. The second kappa shape index (κ2) is 5.86. The molecule has 1 saturated heterocycles. The fraction of sp³-hybridized carbons (Fsp3) is 0.889. The summed E-state index contributed by atoms with van der Waals surface area (Å²) in [6.07, 6.45) is 1.07. The fourth-order valence-electron chi connectivity index (χ4n) is 0.875. The molecular formula is C9H19NO2. The molecule has 0 unspecified atom stereocenters. The number of ether oxygens (including phenoxy) is 1. The van der Waals surface area contributed by atoms with Crippen LogP contribution in [0, 0.1) is 0 Å². The maximum Gasteiger partial charge on any atom is 0.410 e. The van der Waals surface area contributed by atoms with Gasteiger partial charge in [0.2, 0.25) is 0 Å². The minimum Gasteiger partial charge on any atom is -0.448 e. The normalized spacial score (nSPS) is 15.8. The summed E-state index contributed by atoms with van der Waals surface area (Å²) in [6.45, 7) is 9.51. The predicted molar refractivity (Wildman–Crippen MR) is 49.2 cm³/mol. The molecule has 1 amide bonds. The highest BCUT2D eigenvalue weighted by atomic mass is 16.6. The molecule has 0 bridgehead atoms. The van der Waals surface area contributed by atoms with Gasteiger partial charge in [-0.1, -0.05) is 20.3 Å². The summed E-state index contributed by atoms with van der Waals surface area (Å²) in [5.41, 5.74) is 0. The molecule has 0 spiro atoms. The van der Waals surface area contributed by atoms with E-state index in [1.807, 2.05) is 13.8 Å². The maximum absolute atomic E-state index is 10.7. The van der Waals surface area contributed by atoms with Crippen LogP contribution in [0.5, 0.6) is 0 Å². The Kier molecular flexibility index (Phi) is 5.51. The molecule has 1 fully saturated rings. The summed E-state index contributed by atoms with van der Waals surface area (Å²) in [6, 6.07) is 0.278. The van der Waals surface area contributed by atoms with Crippen molar-refractivity contribution in [3.05, 3.63) is 0 Å². The molecule has 0 aromatic heterocycles. The average Bonchev–Trinajstić information content (AvgIpc) is 2.36. The largest absolute Gasteiger partial charge is 0.448 e. The predicted octanol–water partition coefficient (Wildman–Crippen LogP) is 2.26. The number of hydrogen-bond acceptors (Lipinski definition) is 2. The van der Waals surface area contributed by atoms with E-state index in [-0.39, 0.29) is 12.1 Å². The summed E-state index contributed by atoms with van der Waals surface area (Å²) in [4.78, 5) is 12.4. The molecule has 0 radical (unpaired) electrons. The van der Waals surface area contributed by atoms with Crippen molar-refractivity contribution < 1.29 is 9.53 Å². The van der Waals surface area contributed by atoms with Crippen LogP contribution in [-0.2, 0) is 4.74 Å². The van der Waals surface area contributed by atoms with Crippen molar-refractivity contribution in [1.82, 2.24) is 4.90 Å². The minimum atomic E-state index is -0.176. The number of carbonyl (C=O) groups excluding carboxylic acids is 1. The highest BCUT2D eigenvalue weighted by Crippen LogP contribution is 2.06. The zero-order valence-electron chi connectivity index (χ0n) is 8.46. The fourth-order valence-corrected chi connectivity index (χ4v) is 0.875. The summed E-state index contributed by atoms with van der Waals surface area (Å²) < 4.78 is 4.71. The number of rotatable bonds is 1. The number of carbonyl (C=O) groups is 1. The van der Waals surface area contributed by atoms with Gasteiger partial charge in [-0.25, -0.2) is 4.79 Å². The first-order valence-corrected chi connectivity index (χ1v) is 4.56. The molecule has 12 heavy (non-hydrogen) atoms. The molecular weight excluding hydrogens is 154 g/mol. The second-order valence-electron chi connectivity index (χ2n) is 3.11. The van der Waals surface area contributed by atoms with Gasteiger partial charge in [0.25, 0.3) is 0 Å². The number of nitrogens with zero attached hydrogens (tertiary/aromatic N) is 1. The van der Waals surface area contributed by atoms with Crippen LogP contribution in [0.25, 0.3) is 0 Å². The Hall–Kier alpha value is -0.730. The molecule has 1 rings (SSSR count). The summed E-state index contributed by atoms with van der Waals surface area (Å²) in [5.74, 6) is 0. The molecule has 0 aromatic carbocycles. The quantitative estimate of drug-likeness (QED) is 0.608. The number of cyclic esters (lactones) is 1. The van der Waals surface area contributed by atoms with Crippen molar-refractivity contribution >= 4 is 6.09 Å². The standard InChI is InChI=1S/C6H11NO2.C3H8/c1-5(2)7-3-4-9-6(7)8;1-3-2/h5H,3-4H2,1-2H3;3H2,1-2H3. The first-order valence-electron chi connectivity index (χ1n) is 4.56. The summed E-state index contributed by atoms with van der Waals surface area (Å²) in [5, 5.41) is 0. The lowest BCUT2D eigenvalue weighted by atomic mass is 10.3. The van der Waals surface area contributed by atoms with Gasteiger partial charge in [-0.2, -0.15) is 0 Å². The van der Waals surface area contributed by atoms with Crippen molar-refractivity contribution in [1.29, 1.82) is 0 Å². The van der Waals surface area contributed by atoms with E-state index < -0.39 is 0 Å². The van der Waals surface area contributed by atoms with Gasteiger partial charge in [-0.3, -0.25) is 0 Å². The maximum atomic E-state index is 10.7. The van der Waals surface area contributed by atoms with E-state index in [4.69, 9.17) is 4.74 Å². The second-order valence-corrected chi connectivity index (χ2v) is 3.11. The molecule has 1 aliphatic rings. The lowest BCUT2D eigenvalue weighted by Crippen LogP contribution is -2.31. The molecule has 0 atom stereocenters. The van der Waals surface area contributed by atoms with Gasteiger partial charge in [0, 0.05) is 6.04 Å². The first-order chi connectivity index (χ1) is 5.63. The monoisotopic (exact) mass is 173 g/mol. The van der Waals surface area contributed by atoms with Gasteiger partial charge in [-0.15, -0.1) is 0 Å². The highest BCUT2D eigenvalue weighted by molar-refractivity contribution is 5.69. The van der Waals surface area contributed by atoms with Crippen molar-refractivity contribution in [2.75, 3.05) is 13.2 Å². The first kappa shape index (κ1) is 11.3. The van der Waals surface area contributed by atoms with Crippen molar-refractivity contribution in [3.8, 4) is 0 Å². The smallest absolute Gasteiger partial charge is 0.410 e. The SMILES string of the molecule is CC(C)N1CCOC1=O.CCC. The van der Waals surface area contributed by atoms with Crippen LogP contribution in [0.15, 0.2) is 0 Å². The number of hydrogen-bond donors (Lipinski definition) is 0. The molecule has 3 nitrogen and oxygen atoms in total. The molecule has 0 saturated carbocycles. The Morgan fingerprint density at radius 3 is 2.17 bits per heavy atom. The van der Waals surface area contributed by atoms with E-state index in [9.17, 15) is 4.79 Å². The highest BCUT2D eigenvalue weighted by Gasteiger charge is 2.23. The van der Waals surface area contributed by atoms with E-state index in [0.717, 1.165) is 6.54 Å². The molecule has 1 aliphatic heterocycles. The van der Waals surface area contributed by atoms with Gasteiger partial charge >= 0.3 is 6.09 Å². The van der Waals surface area contributed by atoms with Gasteiger partial charge in [0.15, 0.2) is 0 Å². The van der Waals surface area contributed by atoms with E-state index >= 15 is 0 Å². The van der Waals surface area contributed by atoms with Gasteiger partial charge in [0.1, 0.15) is 6.61 Å². The van der Waals surface area contributed by atoms with E-state index in [1.165, 1.54) is 6.42 Å². The van der Waals surface area contributed by atoms with E-state index in [0.29, 0.717) is 6.61 Å². The van der Waals surface area contributed by atoms with Crippen LogP contribution < -0.4 is 0 Å². The van der Waals surface area contributed by atoms with Crippen LogP contribution in [0.1, 0.15) is 34.1 Å². The lowest BCUT2D eigenvalue weighted by molar-refractivity contribution is 0.152. The van der Waals surface area contributed by atoms with Crippen molar-refractivity contribution in [2.45, 2.75) is 40.2 Å². The average molecular weight is 173 g/mol. The van der Waals surface area contributed by atoms with Crippen LogP contribution >= 0.6 is 0 Å². The van der Waals surface area contributed by atoms with E-state index in [2.05, 4.69) is 13.8 Å². The topological polar surface area (TPSA) is 29.5 Å². The zero-order valence-corrected chi connectivity index (χ0v) is 8.46. The summed E-state index contributed by atoms with van der Waals surface area (Å²) >= 11 is 0. The molecule has 72 valence electrons. The minimum absolute atomic E-state index is 0.176. The van der Waals surface area contributed by atoms with Gasteiger partial charge in [0.05, 0.1) is 6.54 Å². The number of amides is 1. The Morgan fingerprint density at radius 1 is 1.50 bits per heavy atom. The third kappa shape index (κ3) is 3.60. The molecule has 0 N–H and O–H groups in total. The Balaban J connectivity index is 0.000000354. The molecule has 0 aliphatic carbocycles. The Labute approximate surface area is 74.7 Å². The molecule has 3 heteroatoms. The Bertz CT molecular complexity index is 134. The third-order valence-corrected chi connectivity index (χ3v) is 1.42. The van der Waals surface area contributed by atoms with Gasteiger partial charge in [-0.05, 0) is 13.8 Å². The van der Waals surface area contributed by atoms with Crippen LogP contribution in [0.4, 0.5) is 4.79 Å². The third-order valence-electron chi connectivity index (χ3n) is 1.42. The Morgan fingerprint density at radius 2 is 2.00 bits per heavy atom. The van der Waals surface area contributed by atoms with Crippen molar-refractivity contribution in [2.24, 2.45) is 0 Å². The van der Waals surface area contributed by atoms with Crippen molar-refractivity contribution in [3.63, 3.8) is 0 Å². The van der Waals surface area contributed by atoms with E-state index in [1.54, 1.807) is 4.90 Å².